The van der Waals surface area contributed by atoms with E-state index >= 15 is 0 Å². The molecule has 0 aromatic carbocycles. The molecule has 0 heterocycles. The molecule has 0 bridgehead atoms. The maximum Gasteiger partial charge on any atom is 0.111 e. The van der Waals surface area contributed by atoms with Crippen LogP contribution in [-0.2, 0) is 0 Å². The van der Waals surface area contributed by atoms with Gasteiger partial charge in [-0.1, -0.05) is 54.4 Å². The van der Waals surface area contributed by atoms with E-state index in [4.69, 9.17) is 5.73 Å². The van der Waals surface area contributed by atoms with E-state index in [1.807, 2.05) is 13.8 Å². The van der Waals surface area contributed by atoms with Gasteiger partial charge in [0, 0.05) is 17.4 Å². The van der Waals surface area contributed by atoms with Crippen LogP contribution in [-0.4, -0.2) is 38.2 Å². The molecule has 4 fully saturated rings. The molecule has 4 rings (SSSR count). The third-order valence-corrected chi connectivity index (χ3v) is 13.2. The van der Waals surface area contributed by atoms with Crippen LogP contribution in [0.25, 0.3) is 0 Å². The SMILES string of the molecule is CC[C@H](CC[C@@H](C)[C@H]1CC[C@H]2[C@@H]3C[C@@](O)(C(C)(C)N)[C@@]4(O)C[C@@H](O)CC[C@]4(C)[C@H]3CC[C@]12C)C(C)C. The van der Waals surface area contributed by atoms with Gasteiger partial charge in [-0.05, 0) is 112 Å². The summed E-state index contributed by atoms with van der Waals surface area (Å²) in [5.74, 6) is 4.41. The van der Waals surface area contributed by atoms with Gasteiger partial charge in [0.2, 0.25) is 0 Å². The minimum Gasteiger partial charge on any atom is -0.393 e. The number of fused-ring (bicyclic) bond motifs is 5. The Labute approximate surface area is 222 Å². The van der Waals surface area contributed by atoms with Crippen molar-refractivity contribution in [2.75, 3.05) is 0 Å². The molecule has 0 aromatic heterocycles. The quantitative estimate of drug-likeness (QED) is 0.327. The molecule has 11 atom stereocenters. The van der Waals surface area contributed by atoms with Crippen molar-refractivity contribution in [2.45, 2.75) is 149 Å². The first-order chi connectivity index (χ1) is 16.6. The number of rotatable bonds is 7. The zero-order valence-electron chi connectivity index (χ0n) is 24.8. The predicted molar refractivity (Wildman–Crippen MR) is 148 cm³/mol. The largest absolute Gasteiger partial charge is 0.393 e. The third-order valence-electron chi connectivity index (χ3n) is 13.2. The highest BCUT2D eigenvalue weighted by Gasteiger charge is 2.74. The van der Waals surface area contributed by atoms with Gasteiger partial charge in [0.1, 0.15) is 11.2 Å². The zero-order chi connectivity index (χ0) is 26.9. The van der Waals surface area contributed by atoms with Gasteiger partial charge in [0.25, 0.3) is 0 Å². The summed E-state index contributed by atoms with van der Waals surface area (Å²) >= 11 is 0. The topological polar surface area (TPSA) is 86.7 Å². The summed E-state index contributed by atoms with van der Waals surface area (Å²) in [6, 6.07) is 0. The number of nitrogens with two attached hydrogens (primary N) is 1. The van der Waals surface area contributed by atoms with Gasteiger partial charge in [0.05, 0.1) is 6.10 Å². The highest BCUT2D eigenvalue weighted by Crippen LogP contribution is 2.71. The fourth-order valence-corrected chi connectivity index (χ4v) is 10.8. The van der Waals surface area contributed by atoms with Crippen molar-refractivity contribution in [3.8, 4) is 0 Å². The molecule has 4 aliphatic carbocycles. The van der Waals surface area contributed by atoms with Crippen LogP contribution in [0.3, 0.4) is 0 Å². The molecule has 0 unspecified atom stereocenters. The molecule has 210 valence electrons. The van der Waals surface area contributed by atoms with Crippen molar-refractivity contribution in [1.82, 2.24) is 0 Å². The number of aliphatic hydroxyl groups excluding tert-OH is 1. The molecule has 0 radical (unpaired) electrons. The Morgan fingerprint density at radius 1 is 0.917 bits per heavy atom. The summed E-state index contributed by atoms with van der Waals surface area (Å²) in [4.78, 5) is 0. The lowest BCUT2D eigenvalue weighted by Crippen LogP contribution is -2.80. The molecule has 0 saturated heterocycles. The zero-order valence-corrected chi connectivity index (χ0v) is 24.8. The van der Waals surface area contributed by atoms with Crippen molar-refractivity contribution in [3.05, 3.63) is 0 Å². The monoisotopic (exact) mass is 505 g/mol. The maximum atomic E-state index is 12.4. The van der Waals surface area contributed by atoms with E-state index in [9.17, 15) is 15.3 Å². The Bertz CT molecular complexity index is 793. The fourth-order valence-electron chi connectivity index (χ4n) is 10.8. The molecule has 4 heteroatoms. The van der Waals surface area contributed by atoms with Gasteiger partial charge in [0.15, 0.2) is 0 Å². The van der Waals surface area contributed by atoms with Crippen LogP contribution in [0.4, 0.5) is 0 Å². The maximum absolute atomic E-state index is 12.4. The van der Waals surface area contributed by atoms with Crippen LogP contribution in [0.15, 0.2) is 0 Å². The number of aliphatic hydroxyl groups is 3. The van der Waals surface area contributed by atoms with E-state index in [1.54, 1.807) is 0 Å². The first-order valence-electron chi connectivity index (χ1n) is 15.5. The summed E-state index contributed by atoms with van der Waals surface area (Å²) in [6.45, 7) is 18.2. The first kappa shape index (κ1) is 28.8. The van der Waals surface area contributed by atoms with Crippen LogP contribution in [0, 0.1) is 52.3 Å². The molecular weight excluding hydrogens is 446 g/mol. The van der Waals surface area contributed by atoms with E-state index in [0.717, 1.165) is 36.5 Å². The average Bonchev–Trinajstić information content (AvgIpc) is 3.13. The van der Waals surface area contributed by atoms with Crippen LogP contribution in [0.5, 0.6) is 0 Å². The fraction of sp³-hybridized carbons (Fsp3) is 1.00. The van der Waals surface area contributed by atoms with Crippen molar-refractivity contribution in [1.29, 1.82) is 0 Å². The van der Waals surface area contributed by atoms with Crippen LogP contribution >= 0.6 is 0 Å². The second kappa shape index (κ2) is 9.49. The third kappa shape index (κ3) is 4.06. The smallest absolute Gasteiger partial charge is 0.111 e. The Morgan fingerprint density at radius 3 is 2.17 bits per heavy atom. The van der Waals surface area contributed by atoms with E-state index < -0.39 is 28.3 Å². The van der Waals surface area contributed by atoms with E-state index in [0.29, 0.717) is 36.0 Å². The van der Waals surface area contributed by atoms with E-state index in [-0.39, 0.29) is 6.42 Å². The van der Waals surface area contributed by atoms with Crippen molar-refractivity contribution in [3.63, 3.8) is 0 Å². The highest BCUT2D eigenvalue weighted by atomic mass is 16.4. The molecule has 0 aromatic rings. The normalized spacial score (nSPS) is 48.8. The molecule has 4 nitrogen and oxygen atoms in total. The number of hydrogen-bond donors (Lipinski definition) is 4. The molecule has 0 aliphatic heterocycles. The number of hydrogen-bond acceptors (Lipinski definition) is 4. The van der Waals surface area contributed by atoms with Gasteiger partial charge < -0.3 is 21.1 Å². The van der Waals surface area contributed by atoms with Gasteiger partial charge in [-0.3, -0.25) is 0 Å². The summed E-state index contributed by atoms with van der Waals surface area (Å²) in [7, 11) is 0. The lowest BCUT2D eigenvalue weighted by Gasteiger charge is -2.71. The van der Waals surface area contributed by atoms with Gasteiger partial charge in [-0.15, -0.1) is 0 Å². The van der Waals surface area contributed by atoms with Gasteiger partial charge in [-0.25, -0.2) is 0 Å². The summed E-state index contributed by atoms with van der Waals surface area (Å²) < 4.78 is 0. The molecule has 5 N–H and O–H groups in total. The Morgan fingerprint density at radius 2 is 1.58 bits per heavy atom. The minimum absolute atomic E-state index is 0.236. The van der Waals surface area contributed by atoms with E-state index in [1.165, 1.54) is 38.5 Å². The summed E-state index contributed by atoms with van der Waals surface area (Å²) in [6.07, 6.45) is 10.5. The minimum atomic E-state index is -1.41. The molecule has 4 aliphatic rings. The Balaban J connectivity index is 1.63. The van der Waals surface area contributed by atoms with Crippen molar-refractivity contribution in [2.24, 2.45) is 58.0 Å². The summed E-state index contributed by atoms with van der Waals surface area (Å²) in [5, 5.41) is 35.4. The Kier molecular flexibility index (Phi) is 7.60. The lowest BCUT2D eigenvalue weighted by molar-refractivity contribution is -0.321. The van der Waals surface area contributed by atoms with E-state index in [2.05, 4.69) is 41.5 Å². The second-order valence-electron chi connectivity index (χ2n) is 15.5. The van der Waals surface area contributed by atoms with Gasteiger partial charge in [-0.2, -0.15) is 0 Å². The van der Waals surface area contributed by atoms with Gasteiger partial charge >= 0.3 is 0 Å². The second-order valence-corrected chi connectivity index (χ2v) is 15.5. The molecule has 0 amide bonds. The predicted octanol–water partition coefficient (Wildman–Crippen LogP) is 6.30. The molecule has 36 heavy (non-hydrogen) atoms. The van der Waals surface area contributed by atoms with Crippen molar-refractivity contribution >= 4 is 0 Å². The average molecular weight is 506 g/mol. The van der Waals surface area contributed by atoms with Crippen LogP contribution < -0.4 is 5.73 Å². The van der Waals surface area contributed by atoms with Crippen LogP contribution in [0.2, 0.25) is 0 Å². The highest BCUT2D eigenvalue weighted by molar-refractivity contribution is 5.26. The molecule has 0 spiro atoms. The van der Waals surface area contributed by atoms with Crippen LogP contribution in [0.1, 0.15) is 126 Å². The first-order valence-corrected chi connectivity index (χ1v) is 15.5. The lowest BCUT2D eigenvalue weighted by atomic mass is 9.38. The summed E-state index contributed by atoms with van der Waals surface area (Å²) in [5.41, 5.74) is 2.89. The molecular formula is C32H59NO3. The standard InChI is InChI=1S/C32H59NO3/c1-9-22(20(2)3)11-10-21(4)25-12-13-26-24-19-31(35,28(5,6)33)32(36)18-23(34)14-17-30(32,8)27(24)15-16-29(25,26)7/h20-27,34-36H,9-19,33H2,1-8H3/t21-,22-,23+,24+,25-,26+,27+,29-,30-,31-,32-/m1/s1. The van der Waals surface area contributed by atoms with Crippen molar-refractivity contribution < 1.29 is 15.3 Å². The Hall–Kier alpha value is -0.160. The molecule has 4 saturated carbocycles.